The number of aromatic amines is 1. The minimum Gasteiger partial charge on any atom is -0.373 e. The molecule has 0 amide bonds. The van der Waals surface area contributed by atoms with E-state index in [1.807, 2.05) is 32.1 Å². The van der Waals surface area contributed by atoms with Gasteiger partial charge in [-0.25, -0.2) is 4.98 Å². The molecule has 9 heteroatoms. The predicted molar refractivity (Wildman–Crippen MR) is 128 cm³/mol. The van der Waals surface area contributed by atoms with Crippen molar-refractivity contribution in [3.63, 3.8) is 0 Å². The number of hydrogen-bond acceptors (Lipinski definition) is 8. The van der Waals surface area contributed by atoms with Crippen molar-refractivity contribution in [3.05, 3.63) is 71.5 Å². The highest BCUT2D eigenvalue weighted by Crippen LogP contribution is 2.43. The Bertz CT molecular complexity index is 1460. The molecule has 2 aliphatic rings. The lowest BCUT2D eigenvalue weighted by Gasteiger charge is -2.28. The molecule has 9 nitrogen and oxygen atoms in total. The zero-order chi connectivity index (χ0) is 23.3. The second-order valence-electron chi connectivity index (χ2n) is 8.71. The number of fused-ring (bicyclic) bond motifs is 1. The second kappa shape index (κ2) is 7.81. The Morgan fingerprint density at radius 3 is 2.79 bits per heavy atom. The maximum absolute atomic E-state index is 12.5. The topological polar surface area (TPSA) is 125 Å². The van der Waals surface area contributed by atoms with Crippen molar-refractivity contribution in [2.24, 2.45) is 9.98 Å². The van der Waals surface area contributed by atoms with Gasteiger partial charge in [-0.15, -0.1) is 0 Å². The molecule has 1 atom stereocenters. The van der Waals surface area contributed by atoms with E-state index in [1.165, 1.54) is 0 Å². The van der Waals surface area contributed by atoms with Gasteiger partial charge in [0.2, 0.25) is 0 Å². The molecule has 170 valence electrons. The maximum Gasteiger partial charge on any atom is 0.179 e. The molecule has 1 unspecified atom stereocenters. The molecule has 34 heavy (non-hydrogen) atoms. The van der Waals surface area contributed by atoms with E-state index in [0.717, 1.165) is 41.0 Å². The van der Waals surface area contributed by atoms with Gasteiger partial charge < -0.3 is 14.6 Å². The lowest BCUT2D eigenvalue weighted by Crippen LogP contribution is -2.39. The molecule has 3 aromatic heterocycles. The van der Waals surface area contributed by atoms with Crippen LogP contribution in [-0.4, -0.2) is 48.7 Å². The molecule has 1 aliphatic heterocycles. The highest BCUT2D eigenvalue weighted by molar-refractivity contribution is 6.35. The summed E-state index contributed by atoms with van der Waals surface area (Å²) in [6.07, 6.45) is 12.0. The summed E-state index contributed by atoms with van der Waals surface area (Å²) in [5, 5.41) is 16.6. The van der Waals surface area contributed by atoms with Gasteiger partial charge in [0, 0.05) is 35.6 Å². The van der Waals surface area contributed by atoms with Gasteiger partial charge in [-0.05, 0) is 50.5 Å². The summed E-state index contributed by atoms with van der Waals surface area (Å²) in [5.41, 5.74) is 3.52. The zero-order valence-corrected chi connectivity index (χ0v) is 18.9. The number of aryl methyl sites for hydroxylation is 2. The van der Waals surface area contributed by atoms with Crippen LogP contribution in [0.25, 0.3) is 22.2 Å². The number of rotatable bonds is 5. The van der Waals surface area contributed by atoms with E-state index in [-0.39, 0.29) is 0 Å². The summed E-state index contributed by atoms with van der Waals surface area (Å²) >= 11 is 0. The molecular weight excluding hydrogens is 430 g/mol. The number of H-pyrrole nitrogens is 1. The predicted octanol–water partition coefficient (Wildman–Crippen LogP) is 3.78. The number of nitrogens with one attached hydrogen (secondary N) is 1. The van der Waals surface area contributed by atoms with Crippen molar-refractivity contribution in [3.8, 4) is 11.1 Å². The minimum absolute atomic E-state index is 0.343. The first-order valence-corrected chi connectivity index (χ1v) is 11.2. The van der Waals surface area contributed by atoms with Gasteiger partial charge in [0.25, 0.3) is 0 Å². The van der Waals surface area contributed by atoms with E-state index in [2.05, 4.69) is 30.1 Å². The Labute approximate surface area is 195 Å². The fourth-order valence-corrected chi connectivity index (χ4v) is 4.52. The van der Waals surface area contributed by atoms with Crippen molar-refractivity contribution in [1.29, 1.82) is 0 Å². The van der Waals surface area contributed by atoms with Gasteiger partial charge in [-0.3, -0.25) is 20.0 Å². The van der Waals surface area contributed by atoms with Crippen molar-refractivity contribution in [2.75, 3.05) is 6.54 Å². The molecule has 4 heterocycles. The quantitative estimate of drug-likeness (QED) is 0.474. The second-order valence-corrected chi connectivity index (χ2v) is 8.71. The smallest absolute Gasteiger partial charge is 0.179 e. The summed E-state index contributed by atoms with van der Waals surface area (Å²) in [7, 11) is 0. The summed E-state index contributed by atoms with van der Waals surface area (Å²) < 4.78 is 5.44. The van der Waals surface area contributed by atoms with E-state index >= 15 is 0 Å². The molecule has 6 rings (SSSR count). The van der Waals surface area contributed by atoms with Crippen molar-refractivity contribution in [2.45, 2.75) is 38.2 Å². The Morgan fingerprint density at radius 2 is 2.06 bits per heavy atom. The maximum atomic E-state index is 12.5. The summed E-state index contributed by atoms with van der Waals surface area (Å²) in [4.78, 5) is 26.0. The van der Waals surface area contributed by atoms with Crippen molar-refractivity contribution in [1.82, 2.24) is 25.1 Å². The molecule has 0 radical (unpaired) electrons. The number of benzene rings is 1. The number of aliphatic hydroxyl groups is 1. The van der Waals surface area contributed by atoms with Crippen LogP contribution < -0.4 is 0 Å². The molecule has 1 aliphatic carbocycles. The third-order valence-electron chi connectivity index (χ3n) is 6.34. The Balaban J connectivity index is 1.68. The molecule has 0 bridgehead atoms. The van der Waals surface area contributed by atoms with Crippen LogP contribution in [0.4, 0.5) is 0 Å². The van der Waals surface area contributed by atoms with E-state index in [9.17, 15) is 5.11 Å². The first kappa shape index (κ1) is 20.6. The molecular formula is C25H23N7O2. The lowest BCUT2D eigenvalue weighted by atomic mass is 9.83. The van der Waals surface area contributed by atoms with E-state index in [0.29, 0.717) is 40.7 Å². The Kier molecular flexibility index (Phi) is 4.73. The SMILES string of the molecule is Cc1noc(C)c1-c1cc(C(O)(C2=NCC=CN=C2)c2cnccn2)c2nc(C3CC3)[nH]c2c1. The summed E-state index contributed by atoms with van der Waals surface area (Å²) in [6, 6.07) is 3.96. The van der Waals surface area contributed by atoms with Crippen molar-refractivity contribution < 1.29 is 9.63 Å². The van der Waals surface area contributed by atoms with E-state index in [1.54, 1.807) is 31.0 Å². The lowest BCUT2D eigenvalue weighted by molar-refractivity contribution is 0.154. The van der Waals surface area contributed by atoms with E-state index in [4.69, 9.17) is 9.51 Å². The van der Waals surface area contributed by atoms with Crippen LogP contribution >= 0.6 is 0 Å². The number of hydrogen-bond donors (Lipinski definition) is 2. The van der Waals surface area contributed by atoms with E-state index < -0.39 is 5.60 Å². The van der Waals surface area contributed by atoms with Crippen LogP contribution in [0.5, 0.6) is 0 Å². The molecule has 1 aromatic carbocycles. The summed E-state index contributed by atoms with van der Waals surface area (Å²) in [5.74, 6) is 2.03. The average Bonchev–Trinajstić information content (AvgIpc) is 3.60. The van der Waals surface area contributed by atoms with Crippen molar-refractivity contribution >= 4 is 23.0 Å². The van der Waals surface area contributed by atoms with Gasteiger partial charge in [-0.1, -0.05) is 5.16 Å². The van der Waals surface area contributed by atoms with Crippen LogP contribution in [-0.2, 0) is 5.60 Å². The fourth-order valence-electron chi connectivity index (χ4n) is 4.52. The zero-order valence-electron chi connectivity index (χ0n) is 18.9. The van der Waals surface area contributed by atoms with Crippen LogP contribution in [0.2, 0.25) is 0 Å². The average molecular weight is 454 g/mol. The molecule has 0 spiro atoms. The highest BCUT2D eigenvalue weighted by atomic mass is 16.5. The minimum atomic E-state index is -1.73. The largest absolute Gasteiger partial charge is 0.373 e. The van der Waals surface area contributed by atoms with Crippen LogP contribution in [0.1, 0.15) is 47.3 Å². The van der Waals surface area contributed by atoms with Crippen LogP contribution in [0.15, 0.2) is 57.5 Å². The van der Waals surface area contributed by atoms with Crippen LogP contribution in [0, 0.1) is 13.8 Å². The van der Waals surface area contributed by atoms with Crippen LogP contribution in [0.3, 0.4) is 0 Å². The molecule has 0 saturated heterocycles. The first-order chi connectivity index (χ1) is 16.6. The third-order valence-corrected chi connectivity index (χ3v) is 6.34. The monoisotopic (exact) mass is 453 g/mol. The highest BCUT2D eigenvalue weighted by Gasteiger charge is 2.42. The summed E-state index contributed by atoms with van der Waals surface area (Å²) in [6.45, 7) is 4.17. The normalized spacial score (nSPS) is 17.6. The standard InChI is InChI=1S/C25H23N7O2/c1-14-22(15(2)34-32-14)17-10-18(23-19(11-17)30-24(31-23)16-4-5-16)25(33,21-13-27-8-9-29-21)20-12-26-6-3-7-28-20/h3,6,8-13,16,33H,4-5,7H2,1-2H3,(H,30,31). The molecule has 1 saturated carbocycles. The third kappa shape index (κ3) is 3.28. The first-order valence-electron chi connectivity index (χ1n) is 11.2. The van der Waals surface area contributed by atoms with Gasteiger partial charge in [0.15, 0.2) is 5.60 Å². The number of imidazole rings is 1. The molecule has 4 aromatic rings. The number of aromatic nitrogens is 5. The molecule has 2 N–H and O–H groups in total. The molecule has 1 fully saturated rings. The van der Waals surface area contributed by atoms with Gasteiger partial charge in [-0.2, -0.15) is 0 Å². The van der Waals surface area contributed by atoms with Gasteiger partial charge in [0.1, 0.15) is 17.3 Å². The number of aliphatic imine (C=N–C) groups is 2. The fraction of sp³-hybridized carbons (Fsp3) is 0.280. The van der Waals surface area contributed by atoms with Gasteiger partial charge in [0.05, 0.1) is 41.4 Å². The number of nitrogens with zero attached hydrogens (tertiary/aromatic N) is 6. The van der Waals surface area contributed by atoms with Gasteiger partial charge >= 0.3 is 0 Å². The Hall–Kier alpha value is -3.98. The Morgan fingerprint density at radius 1 is 1.18 bits per heavy atom.